The lowest BCUT2D eigenvalue weighted by Crippen LogP contribution is -2.32. The first-order valence-corrected chi connectivity index (χ1v) is 9.81. The molecule has 0 bridgehead atoms. The van der Waals surface area contributed by atoms with E-state index in [-0.39, 0.29) is 10.9 Å². The molecular formula is C21H14FN3O2S2. The Morgan fingerprint density at radius 2 is 1.97 bits per heavy atom. The van der Waals surface area contributed by atoms with Gasteiger partial charge in [0, 0.05) is 11.6 Å². The Bertz CT molecular complexity index is 1220. The maximum atomic E-state index is 13.3. The van der Waals surface area contributed by atoms with E-state index in [2.05, 4.69) is 15.6 Å². The van der Waals surface area contributed by atoms with Crippen molar-refractivity contribution in [3.8, 4) is 11.3 Å². The Hall–Kier alpha value is -3.36. The normalized spacial score (nSPS) is 11.1. The van der Waals surface area contributed by atoms with Crippen LogP contribution < -0.4 is 10.6 Å². The number of hydrogen-bond donors (Lipinski definition) is 2. The standard InChI is InChI=1S/C21H14FN3O2S2/c22-14-6-9-16-18(12-14)29-21(23-16)25-20(28)24-19(26)11-8-15-7-10-17(27-15)13-4-2-1-3-5-13/h1-12H,(H2,23,24,25,26,28)/b11-8+. The molecule has 0 aliphatic rings. The number of fused-ring (bicyclic) bond motifs is 1. The smallest absolute Gasteiger partial charge is 0.250 e. The highest BCUT2D eigenvalue weighted by Crippen LogP contribution is 2.26. The Morgan fingerprint density at radius 3 is 2.79 bits per heavy atom. The van der Waals surface area contributed by atoms with Crippen LogP contribution in [0.4, 0.5) is 9.52 Å². The van der Waals surface area contributed by atoms with Gasteiger partial charge < -0.3 is 9.73 Å². The zero-order chi connectivity index (χ0) is 20.2. The zero-order valence-corrected chi connectivity index (χ0v) is 16.5. The fourth-order valence-electron chi connectivity index (χ4n) is 2.59. The predicted octanol–water partition coefficient (Wildman–Crippen LogP) is 5.22. The number of furan rings is 1. The summed E-state index contributed by atoms with van der Waals surface area (Å²) in [7, 11) is 0. The van der Waals surface area contributed by atoms with Crippen LogP contribution in [0.5, 0.6) is 0 Å². The number of rotatable bonds is 4. The van der Waals surface area contributed by atoms with Crippen molar-refractivity contribution in [3.63, 3.8) is 0 Å². The summed E-state index contributed by atoms with van der Waals surface area (Å²) in [6.07, 6.45) is 2.89. The van der Waals surface area contributed by atoms with Crippen molar-refractivity contribution >= 4 is 56.0 Å². The highest BCUT2D eigenvalue weighted by Gasteiger charge is 2.08. The van der Waals surface area contributed by atoms with E-state index in [0.717, 1.165) is 11.3 Å². The van der Waals surface area contributed by atoms with Crippen LogP contribution in [-0.4, -0.2) is 16.0 Å². The van der Waals surface area contributed by atoms with Gasteiger partial charge in [-0.25, -0.2) is 9.37 Å². The van der Waals surface area contributed by atoms with Crippen LogP contribution in [0.2, 0.25) is 0 Å². The lowest BCUT2D eigenvalue weighted by atomic mass is 10.2. The summed E-state index contributed by atoms with van der Waals surface area (Å²) < 4.78 is 19.7. The van der Waals surface area contributed by atoms with Crippen LogP contribution in [0.25, 0.3) is 27.6 Å². The van der Waals surface area contributed by atoms with Crippen LogP contribution in [0.15, 0.2) is 71.2 Å². The number of nitrogens with zero attached hydrogens (tertiary/aromatic N) is 1. The van der Waals surface area contributed by atoms with E-state index >= 15 is 0 Å². The Balaban J connectivity index is 1.35. The van der Waals surface area contributed by atoms with Crippen LogP contribution in [0.1, 0.15) is 5.76 Å². The molecule has 4 aromatic rings. The van der Waals surface area contributed by atoms with E-state index in [0.29, 0.717) is 21.1 Å². The molecule has 0 atom stereocenters. The molecule has 2 N–H and O–H groups in total. The SMILES string of the molecule is O=C(/C=C/c1ccc(-c2ccccc2)o1)NC(=S)Nc1nc2ccc(F)cc2s1. The lowest BCUT2D eigenvalue weighted by Gasteiger charge is -2.04. The van der Waals surface area contributed by atoms with E-state index in [1.54, 1.807) is 18.2 Å². The minimum absolute atomic E-state index is 0.101. The van der Waals surface area contributed by atoms with Gasteiger partial charge in [0.1, 0.15) is 17.3 Å². The largest absolute Gasteiger partial charge is 0.457 e. The summed E-state index contributed by atoms with van der Waals surface area (Å²) in [4.78, 5) is 16.4. The van der Waals surface area contributed by atoms with Crippen LogP contribution in [0, 0.1) is 5.82 Å². The van der Waals surface area contributed by atoms with E-state index in [9.17, 15) is 9.18 Å². The Kier molecular flexibility index (Phi) is 5.46. The molecule has 29 heavy (non-hydrogen) atoms. The molecule has 0 saturated carbocycles. The van der Waals surface area contributed by atoms with E-state index < -0.39 is 5.91 Å². The summed E-state index contributed by atoms with van der Waals surface area (Å²) in [5, 5.41) is 5.94. The summed E-state index contributed by atoms with van der Waals surface area (Å²) in [6, 6.07) is 17.6. The number of carbonyl (C=O) groups is 1. The predicted molar refractivity (Wildman–Crippen MR) is 117 cm³/mol. The van der Waals surface area contributed by atoms with Gasteiger partial charge in [-0.2, -0.15) is 0 Å². The Morgan fingerprint density at radius 1 is 1.14 bits per heavy atom. The number of thiazole rings is 1. The van der Waals surface area contributed by atoms with Crippen LogP contribution in [0.3, 0.4) is 0 Å². The molecule has 0 saturated heterocycles. The van der Waals surface area contributed by atoms with Crippen molar-refractivity contribution in [2.24, 2.45) is 0 Å². The second kappa shape index (κ2) is 8.34. The summed E-state index contributed by atoms with van der Waals surface area (Å²) in [6.45, 7) is 0. The number of halogens is 1. The number of amides is 1. The van der Waals surface area contributed by atoms with Gasteiger partial charge in [0.05, 0.1) is 10.2 Å². The molecule has 0 aliphatic heterocycles. The number of nitrogens with one attached hydrogen (secondary N) is 2. The van der Waals surface area contributed by atoms with Gasteiger partial charge in [-0.3, -0.25) is 10.1 Å². The molecule has 0 radical (unpaired) electrons. The average molecular weight is 423 g/mol. The van der Waals surface area contributed by atoms with Crippen molar-refractivity contribution in [3.05, 3.63) is 78.3 Å². The summed E-state index contributed by atoms with van der Waals surface area (Å²) in [5.74, 6) is 0.524. The van der Waals surface area contributed by atoms with Crippen molar-refractivity contribution in [2.45, 2.75) is 0 Å². The number of thiocarbonyl (C=S) groups is 1. The molecule has 2 aromatic carbocycles. The molecule has 2 aromatic heterocycles. The first-order valence-electron chi connectivity index (χ1n) is 8.58. The molecule has 4 rings (SSSR count). The molecule has 2 heterocycles. The highest BCUT2D eigenvalue weighted by atomic mass is 32.1. The van der Waals surface area contributed by atoms with Gasteiger partial charge >= 0.3 is 0 Å². The molecule has 8 heteroatoms. The second-order valence-electron chi connectivity index (χ2n) is 5.98. The lowest BCUT2D eigenvalue weighted by molar-refractivity contribution is -0.115. The topological polar surface area (TPSA) is 67.2 Å². The third-order valence-corrected chi connectivity index (χ3v) is 5.03. The van der Waals surface area contributed by atoms with Gasteiger partial charge in [-0.15, -0.1) is 0 Å². The van der Waals surface area contributed by atoms with E-state index in [1.165, 1.54) is 29.5 Å². The fraction of sp³-hybridized carbons (Fsp3) is 0. The van der Waals surface area contributed by atoms with Crippen LogP contribution in [-0.2, 0) is 4.79 Å². The minimum Gasteiger partial charge on any atom is -0.457 e. The number of hydrogen-bond acceptors (Lipinski definition) is 5. The third kappa shape index (κ3) is 4.74. The van der Waals surface area contributed by atoms with Crippen LogP contribution >= 0.6 is 23.6 Å². The first kappa shape index (κ1) is 19.0. The van der Waals surface area contributed by atoms with Gasteiger partial charge in [-0.05, 0) is 48.6 Å². The molecule has 0 unspecified atom stereocenters. The van der Waals surface area contributed by atoms with E-state index in [1.807, 2.05) is 36.4 Å². The maximum absolute atomic E-state index is 13.3. The molecule has 5 nitrogen and oxygen atoms in total. The zero-order valence-electron chi connectivity index (χ0n) is 14.9. The molecule has 144 valence electrons. The van der Waals surface area contributed by atoms with Gasteiger partial charge in [-0.1, -0.05) is 41.7 Å². The van der Waals surface area contributed by atoms with Gasteiger partial charge in [0.2, 0.25) is 5.91 Å². The monoisotopic (exact) mass is 423 g/mol. The van der Waals surface area contributed by atoms with Crippen molar-refractivity contribution in [1.29, 1.82) is 0 Å². The van der Waals surface area contributed by atoms with Gasteiger partial charge in [0.15, 0.2) is 10.2 Å². The number of anilines is 1. The van der Waals surface area contributed by atoms with E-state index in [4.69, 9.17) is 16.6 Å². The Labute approximate surface area is 174 Å². The fourth-order valence-corrected chi connectivity index (χ4v) is 3.75. The molecule has 0 spiro atoms. The first-order chi connectivity index (χ1) is 14.1. The average Bonchev–Trinajstić information content (AvgIpc) is 3.33. The molecule has 1 amide bonds. The quantitative estimate of drug-likeness (QED) is 0.348. The van der Waals surface area contributed by atoms with Gasteiger partial charge in [0.25, 0.3) is 0 Å². The summed E-state index contributed by atoms with van der Waals surface area (Å²) in [5.41, 5.74) is 1.61. The van der Waals surface area contributed by atoms with Crippen molar-refractivity contribution in [2.75, 3.05) is 5.32 Å². The molecular weight excluding hydrogens is 409 g/mol. The van der Waals surface area contributed by atoms with Crippen molar-refractivity contribution < 1.29 is 13.6 Å². The minimum atomic E-state index is -0.410. The number of carbonyl (C=O) groups excluding carboxylic acids is 1. The third-order valence-electron chi connectivity index (χ3n) is 3.89. The number of aromatic nitrogens is 1. The second-order valence-corrected chi connectivity index (χ2v) is 7.41. The molecule has 0 aliphatic carbocycles. The van der Waals surface area contributed by atoms with Crippen molar-refractivity contribution in [1.82, 2.24) is 10.3 Å². The number of benzene rings is 2. The molecule has 0 fully saturated rings. The highest BCUT2D eigenvalue weighted by molar-refractivity contribution is 7.80. The maximum Gasteiger partial charge on any atom is 0.250 e. The summed E-state index contributed by atoms with van der Waals surface area (Å²) >= 11 is 6.38.